The molecule has 0 bridgehead atoms. The highest BCUT2D eigenvalue weighted by molar-refractivity contribution is 7.89. The van der Waals surface area contributed by atoms with Gasteiger partial charge in [0.05, 0.1) is 4.90 Å². The lowest BCUT2D eigenvalue weighted by Crippen LogP contribution is -2.38. The Balaban J connectivity index is 2.25. The molecule has 0 saturated carbocycles. The van der Waals surface area contributed by atoms with Crippen LogP contribution in [-0.4, -0.2) is 31.2 Å². The third-order valence-electron chi connectivity index (χ3n) is 3.93. The summed E-state index contributed by atoms with van der Waals surface area (Å²) in [6.07, 6.45) is 2.67. The van der Waals surface area contributed by atoms with Gasteiger partial charge in [0.1, 0.15) is 0 Å². The molecule has 1 aromatic rings. The van der Waals surface area contributed by atoms with Gasteiger partial charge in [0, 0.05) is 18.5 Å². The van der Waals surface area contributed by atoms with Crippen molar-refractivity contribution in [3.63, 3.8) is 0 Å². The Hall–Kier alpha value is -0.580. The van der Waals surface area contributed by atoms with Gasteiger partial charge in [-0.2, -0.15) is 4.31 Å². The van der Waals surface area contributed by atoms with E-state index in [1.165, 1.54) is 0 Å². The van der Waals surface area contributed by atoms with Crippen molar-refractivity contribution in [1.29, 1.82) is 0 Å². The Labute approximate surface area is 127 Å². The zero-order valence-corrected chi connectivity index (χ0v) is 13.6. The predicted molar refractivity (Wildman–Crippen MR) is 82.6 cm³/mol. The highest BCUT2D eigenvalue weighted by atomic mass is 35.5. The number of sulfonamides is 1. The van der Waals surface area contributed by atoms with Crippen LogP contribution < -0.4 is 0 Å². The van der Waals surface area contributed by atoms with Gasteiger partial charge in [-0.3, -0.25) is 0 Å². The Morgan fingerprint density at radius 2 is 1.95 bits per heavy atom. The minimum Gasteiger partial charge on any atom is -0.207 e. The molecule has 112 valence electrons. The van der Waals surface area contributed by atoms with Gasteiger partial charge >= 0.3 is 0 Å². The third kappa shape index (κ3) is 3.18. The molecule has 0 N–H and O–H groups in total. The van der Waals surface area contributed by atoms with Crippen molar-refractivity contribution in [3.8, 4) is 0 Å². The maximum atomic E-state index is 12.7. The maximum absolute atomic E-state index is 12.7. The average molecular weight is 316 g/mol. The largest absolute Gasteiger partial charge is 0.243 e. The first-order valence-corrected chi connectivity index (χ1v) is 9.11. The topological polar surface area (TPSA) is 37.4 Å². The van der Waals surface area contributed by atoms with Crippen molar-refractivity contribution in [1.82, 2.24) is 4.31 Å². The van der Waals surface area contributed by atoms with Gasteiger partial charge in [-0.15, -0.1) is 11.6 Å². The lowest BCUT2D eigenvalue weighted by Gasteiger charge is -2.27. The number of alkyl halides is 1. The molecule has 1 heterocycles. The summed E-state index contributed by atoms with van der Waals surface area (Å²) >= 11 is 5.70. The van der Waals surface area contributed by atoms with Crippen LogP contribution in [0.25, 0.3) is 0 Å². The molecule has 0 aromatic heterocycles. The van der Waals surface area contributed by atoms with E-state index in [0.29, 0.717) is 23.2 Å². The Bertz CT molecular complexity index is 539. The number of nitrogens with zero attached hydrogens (tertiary/aromatic N) is 1. The van der Waals surface area contributed by atoms with Gasteiger partial charge in [-0.25, -0.2) is 8.42 Å². The SMILES string of the molecule is CC(C)C1CCCN1S(=O)(=O)c1ccc(CCCl)cc1. The minimum atomic E-state index is -3.36. The number of aryl methyl sites for hydroxylation is 1. The zero-order chi connectivity index (χ0) is 14.8. The molecule has 1 atom stereocenters. The molecule has 1 unspecified atom stereocenters. The molecule has 1 aliphatic rings. The van der Waals surface area contributed by atoms with E-state index in [1.807, 2.05) is 12.1 Å². The first-order chi connectivity index (χ1) is 9.46. The van der Waals surface area contributed by atoms with Crippen molar-refractivity contribution in [2.75, 3.05) is 12.4 Å². The highest BCUT2D eigenvalue weighted by Gasteiger charge is 2.36. The molecule has 0 aliphatic carbocycles. The summed E-state index contributed by atoms with van der Waals surface area (Å²) in [5, 5.41) is 0. The smallest absolute Gasteiger partial charge is 0.207 e. The van der Waals surface area contributed by atoms with E-state index in [0.717, 1.165) is 24.8 Å². The molecule has 20 heavy (non-hydrogen) atoms. The average Bonchev–Trinajstić information content (AvgIpc) is 2.90. The highest BCUT2D eigenvalue weighted by Crippen LogP contribution is 2.30. The van der Waals surface area contributed by atoms with Crippen molar-refractivity contribution in [2.24, 2.45) is 5.92 Å². The zero-order valence-electron chi connectivity index (χ0n) is 12.0. The molecular formula is C15H22ClNO2S. The van der Waals surface area contributed by atoms with Crippen molar-refractivity contribution in [3.05, 3.63) is 29.8 Å². The van der Waals surface area contributed by atoms with Gasteiger partial charge < -0.3 is 0 Å². The summed E-state index contributed by atoms with van der Waals surface area (Å²) in [5.74, 6) is 0.899. The minimum absolute atomic E-state index is 0.127. The van der Waals surface area contributed by atoms with Crippen LogP contribution in [-0.2, 0) is 16.4 Å². The van der Waals surface area contributed by atoms with E-state index < -0.39 is 10.0 Å². The number of rotatable bonds is 5. The first-order valence-electron chi connectivity index (χ1n) is 7.13. The van der Waals surface area contributed by atoms with Crippen LogP contribution >= 0.6 is 11.6 Å². The van der Waals surface area contributed by atoms with Crippen molar-refractivity contribution < 1.29 is 8.42 Å². The molecule has 3 nitrogen and oxygen atoms in total. The fourth-order valence-electron chi connectivity index (χ4n) is 2.80. The summed E-state index contributed by atoms with van der Waals surface area (Å²) in [7, 11) is -3.36. The molecule has 1 aromatic carbocycles. The van der Waals surface area contributed by atoms with E-state index >= 15 is 0 Å². The van der Waals surface area contributed by atoms with Gasteiger partial charge in [0.15, 0.2) is 0 Å². The van der Waals surface area contributed by atoms with E-state index in [-0.39, 0.29) is 6.04 Å². The number of hydrogen-bond donors (Lipinski definition) is 0. The Morgan fingerprint density at radius 3 is 2.50 bits per heavy atom. The molecule has 5 heteroatoms. The van der Waals surface area contributed by atoms with Gasteiger partial charge in [-0.05, 0) is 42.9 Å². The lowest BCUT2D eigenvalue weighted by atomic mass is 10.0. The van der Waals surface area contributed by atoms with Crippen LogP contribution in [0, 0.1) is 5.92 Å². The van der Waals surface area contributed by atoms with E-state index in [9.17, 15) is 8.42 Å². The lowest BCUT2D eigenvalue weighted by molar-refractivity contribution is 0.316. The molecule has 1 fully saturated rings. The second-order valence-electron chi connectivity index (χ2n) is 5.65. The fraction of sp³-hybridized carbons (Fsp3) is 0.600. The summed E-state index contributed by atoms with van der Waals surface area (Å²) in [4.78, 5) is 0.392. The first kappa shape index (κ1) is 15.8. The number of benzene rings is 1. The van der Waals surface area contributed by atoms with Crippen LogP contribution in [0.1, 0.15) is 32.3 Å². The van der Waals surface area contributed by atoms with Crippen LogP contribution in [0.3, 0.4) is 0 Å². The molecular weight excluding hydrogens is 294 g/mol. The quantitative estimate of drug-likeness (QED) is 0.782. The molecule has 0 spiro atoms. The second kappa shape index (κ2) is 6.46. The summed E-state index contributed by atoms with van der Waals surface area (Å²) in [5.41, 5.74) is 1.07. The fourth-order valence-corrected chi connectivity index (χ4v) is 4.85. The molecule has 1 aliphatic heterocycles. The van der Waals surface area contributed by atoms with E-state index in [4.69, 9.17) is 11.6 Å². The van der Waals surface area contributed by atoms with Crippen LogP contribution in [0.2, 0.25) is 0 Å². The Morgan fingerprint density at radius 1 is 1.30 bits per heavy atom. The predicted octanol–water partition coefficient (Wildman–Crippen LogP) is 3.28. The normalized spacial score (nSPS) is 20.7. The maximum Gasteiger partial charge on any atom is 0.243 e. The molecule has 2 rings (SSSR count). The van der Waals surface area contributed by atoms with Gasteiger partial charge in [-0.1, -0.05) is 26.0 Å². The summed E-state index contributed by atoms with van der Waals surface area (Å²) in [6, 6.07) is 7.24. The van der Waals surface area contributed by atoms with Gasteiger partial charge in [0.2, 0.25) is 10.0 Å². The molecule has 0 amide bonds. The number of halogens is 1. The van der Waals surface area contributed by atoms with Gasteiger partial charge in [0.25, 0.3) is 0 Å². The van der Waals surface area contributed by atoms with Crippen molar-refractivity contribution in [2.45, 2.75) is 44.0 Å². The standard InChI is InChI=1S/C15H22ClNO2S/c1-12(2)15-4-3-11-17(15)20(18,19)14-7-5-13(6-8-14)9-10-16/h5-8,12,15H,3-4,9-11H2,1-2H3. The van der Waals surface area contributed by atoms with Crippen LogP contribution in [0.15, 0.2) is 29.2 Å². The molecule has 1 saturated heterocycles. The molecule has 0 radical (unpaired) electrons. The summed E-state index contributed by atoms with van der Waals surface area (Å²) < 4.78 is 27.1. The van der Waals surface area contributed by atoms with Crippen molar-refractivity contribution >= 4 is 21.6 Å². The second-order valence-corrected chi connectivity index (χ2v) is 7.92. The third-order valence-corrected chi connectivity index (χ3v) is 6.06. The van der Waals surface area contributed by atoms with Crippen LogP contribution in [0.4, 0.5) is 0 Å². The van der Waals surface area contributed by atoms with E-state index in [2.05, 4.69) is 13.8 Å². The van der Waals surface area contributed by atoms with Crippen LogP contribution in [0.5, 0.6) is 0 Å². The Kier molecular flexibility index (Phi) is 5.10. The number of hydrogen-bond acceptors (Lipinski definition) is 2. The summed E-state index contributed by atoms with van der Waals surface area (Å²) in [6.45, 7) is 4.80. The van der Waals surface area contributed by atoms with E-state index in [1.54, 1.807) is 16.4 Å². The monoisotopic (exact) mass is 315 g/mol.